The first-order chi connectivity index (χ1) is 6.22. The standard InChI is InChI=1S/C9H18N2O2/c1-4-8(10-2)7-5-11(6-7)9(12)13-3/h7-8,10H,4-6H2,1-3H3. The van der Waals surface area contributed by atoms with Gasteiger partial charge in [0.15, 0.2) is 0 Å². The van der Waals surface area contributed by atoms with Crippen LogP contribution in [0.3, 0.4) is 0 Å². The van der Waals surface area contributed by atoms with Gasteiger partial charge >= 0.3 is 6.09 Å². The average molecular weight is 186 g/mol. The number of nitrogens with zero attached hydrogens (tertiary/aromatic N) is 1. The first-order valence-corrected chi connectivity index (χ1v) is 4.73. The predicted octanol–water partition coefficient (Wildman–Crippen LogP) is 0.683. The monoisotopic (exact) mass is 186 g/mol. The number of hydrogen-bond acceptors (Lipinski definition) is 3. The van der Waals surface area contributed by atoms with E-state index in [0.717, 1.165) is 19.5 Å². The molecule has 0 aromatic heterocycles. The number of ether oxygens (including phenoxy) is 1. The van der Waals surface area contributed by atoms with Crippen molar-refractivity contribution in [1.29, 1.82) is 0 Å². The van der Waals surface area contributed by atoms with Crippen LogP contribution in [0, 0.1) is 5.92 Å². The van der Waals surface area contributed by atoms with E-state index in [1.807, 2.05) is 7.05 Å². The van der Waals surface area contributed by atoms with Crippen LogP contribution in [0.4, 0.5) is 4.79 Å². The van der Waals surface area contributed by atoms with Crippen LogP contribution >= 0.6 is 0 Å². The molecule has 1 aliphatic heterocycles. The minimum absolute atomic E-state index is 0.206. The van der Waals surface area contributed by atoms with Crippen molar-refractivity contribution in [2.24, 2.45) is 5.92 Å². The molecule has 0 aromatic carbocycles. The van der Waals surface area contributed by atoms with Gasteiger partial charge in [-0.1, -0.05) is 6.92 Å². The Hall–Kier alpha value is -0.770. The van der Waals surface area contributed by atoms with Gasteiger partial charge in [0.25, 0.3) is 0 Å². The highest BCUT2D eigenvalue weighted by atomic mass is 16.5. The molecule has 1 rings (SSSR count). The number of hydrogen-bond donors (Lipinski definition) is 1. The van der Waals surface area contributed by atoms with Crippen LogP contribution in [0.1, 0.15) is 13.3 Å². The van der Waals surface area contributed by atoms with E-state index in [4.69, 9.17) is 0 Å². The summed E-state index contributed by atoms with van der Waals surface area (Å²) in [4.78, 5) is 12.7. The maximum absolute atomic E-state index is 11.0. The van der Waals surface area contributed by atoms with Gasteiger partial charge in [-0.15, -0.1) is 0 Å². The second kappa shape index (κ2) is 4.46. The summed E-state index contributed by atoms with van der Waals surface area (Å²) in [5, 5.41) is 3.25. The van der Waals surface area contributed by atoms with E-state index in [9.17, 15) is 4.79 Å². The molecular formula is C9H18N2O2. The van der Waals surface area contributed by atoms with Crippen molar-refractivity contribution in [3.63, 3.8) is 0 Å². The van der Waals surface area contributed by atoms with Crippen LogP contribution < -0.4 is 5.32 Å². The zero-order chi connectivity index (χ0) is 9.84. The second-order valence-corrected chi connectivity index (χ2v) is 3.44. The summed E-state index contributed by atoms with van der Waals surface area (Å²) in [6, 6.07) is 0.529. The van der Waals surface area contributed by atoms with E-state index in [2.05, 4.69) is 17.0 Å². The van der Waals surface area contributed by atoms with Crippen molar-refractivity contribution < 1.29 is 9.53 Å². The topological polar surface area (TPSA) is 41.6 Å². The molecule has 1 amide bonds. The Kier molecular flexibility index (Phi) is 3.54. The van der Waals surface area contributed by atoms with Crippen LogP contribution in [0.25, 0.3) is 0 Å². The molecule has 1 heterocycles. The van der Waals surface area contributed by atoms with Crippen molar-refractivity contribution in [1.82, 2.24) is 10.2 Å². The van der Waals surface area contributed by atoms with Crippen LogP contribution in [0.15, 0.2) is 0 Å². The van der Waals surface area contributed by atoms with E-state index in [0.29, 0.717) is 12.0 Å². The maximum atomic E-state index is 11.0. The molecular weight excluding hydrogens is 168 g/mol. The molecule has 0 radical (unpaired) electrons. The molecule has 1 atom stereocenters. The lowest BCUT2D eigenvalue weighted by molar-refractivity contribution is 0.0534. The Bertz CT molecular complexity index is 174. The van der Waals surface area contributed by atoms with E-state index in [-0.39, 0.29) is 6.09 Å². The van der Waals surface area contributed by atoms with Crippen molar-refractivity contribution in [2.75, 3.05) is 27.2 Å². The molecule has 1 N–H and O–H groups in total. The molecule has 0 aromatic rings. The number of rotatable bonds is 3. The first kappa shape index (κ1) is 10.3. The molecule has 1 fully saturated rings. The molecule has 4 heteroatoms. The molecule has 0 spiro atoms. The molecule has 0 saturated carbocycles. The third-order valence-electron chi connectivity index (χ3n) is 2.72. The summed E-state index contributed by atoms with van der Waals surface area (Å²) in [5.74, 6) is 0.592. The smallest absolute Gasteiger partial charge is 0.409 e. The Morgan fingerprint density at radius 1 is 1.69 bits per heavy atom. The summed E-state index contributed by atoms with van der Waals surface area (Å²) in [7, 11) is 3.39. The predicted molar refractivity (Wildman–Crippen MR) is 50.6 cm³/mol. The molecule has 4 nitrogen and oxygen atoms in total. The number of carbonyl (C=O) groups excluding carboxylic acids is 1. The zero-order valence-corrected chi connectivity index (χ0v) is 8.54. The normalized spacial score (nSPS) is 19.5. The lowest BCUT2D eigenvalue weighted by Gasteiger charge is -2.42. The summed E-state index contributed by atoms with van der Waals surface area (Å²) >= 11 is 0. The molecule has 76 valence electrons. The summed E-state index contributed by atoms with van der Waals surface area (Å²) in [5.41, 5.74) is 0. The van der Waals surface area contributed by atoms with Gasteiger partial charge in [-0.3, -0.25) is 0 Å². The fourth-order valence-electron chi connectivity index (χ4n) is 1.82. The van der Waals surface area contributed by atoms with Gasteiger partial charge in [0.2, 0.25) is 0 Å². The SMILES string of the molecule is CCC(NC)C1CN(C(=O)OC)C1. The van der Waals surface area contributed by atoms with Crippen LogP contribution in [-0.4, -0.2) is 44.3 Å². The first-order valence-electron chi connectivity index (χ1n) is 4.73. The van der Waals surface area contributed by atoms with Crippen LogP contribution in [-0.2, 0) is 4.74 Å². The number of amides is 1. The summed E-state index contributed by atoms with van der Waals surface area (Å²) < 4.78 is 4.62. The minimum Gasteiger partial charge on any atom is -0.453 e. The molecule has 13 heavy (non-hydrogen) atoms. The van der Waals surface area contributed by atoms with Gasteiger partial charge in [-0.2, -0.15) is 0 Å². The highest BCUT2D eigenvalue weighted by molar-refractivity contribution is 5.68. The van der Waals surface area contributed by atoms with Crippen molar-refractivity contribution in [2.45, 2.75) is 19.4 Å². The van der Waals surface area contributed by atoms with Gasteiger partial charge in [-0.25, -0.2) is 4.79 Å². The quantitative estimate of drug-likeness (QED) is 0.705. The highest BCUT2D eigenvalue weighted by Gasteiger charge is 2.35. The third kappa shape index (κ3) is 2.12. The number of likely N-dealkylation sites (tertiary alicyclic amines) is 1. The highest BCUT2D eigenvalue weighted by Crippen LogP contribution is 2.21. The molecule has 1 unspecified atom stereocenters. The number of nitrogens with one attached hydrogen (secondary N) is 1. The molecule has 0 aliphatic carbocycles. The second-order valence-electron chi connectivity index (χ2n) is 3.44. The average Bonchev–Trinajstić information content (AvgIpc) is 2.09. The van der Waals surface area contributed by atoms with Gasteiger partial charge in [0.05, 0.1) is 7.11 Å². The fraction of sp³-hybridized carbons (Fsp3) is 0.889. The van der Waals surface area contributed by atoms with E-state index >= 15 is 0 Å². The Morgan fingerprint density at radius 2 is 2.31 bits per heavy atom. The van der Waals surface area contributed by atoms with Gasteiger partial charge in [0, 0.05) is 25.0 Å². The fourth-order valence-corrected chi connectivity index (χ4v) is 1.82. The largest absolute Gasteiger partial charge is 0.453 e. The lowest BCUT2D eigenvalue weighted by atomic mass is 9.90. The Labute approximate surface area is 79.2 Å². The third-order valence-corrected chi connectivity index (χ3v) is 2.72. The van der Waals surface area contributed by atoms with Gasteiger partial charge < -0.3 is 15.0 Å². The summed E-state index contributed by atoms with van der Waals surface area (Å²) in [6.45, 7) is 3.81. The van der Waals surface area contributed by atoms with Crippen molar-refractivity contribution in [3.8, 4) is 0 Å². The molecule has 1 aliphatic rings. The van der Waals surface area contributed by atoms with Crippen LogP contribution in [0.2, 0.25) is 0 Å². The molecule has 1 saturated heterocycles. The van der Waals surface area contributed by atoms with Crippen molar-refractivity contribution in [3.05, 3.63) is 0 Å². The van der Waals surface area contributed by atoms with E-state index in [1.165, 1.54) is 7.11 Å². The Morgan fingerprint density at radius 3 is 2.69 bits per heavy atom. The lowest BCUT2D eigenvalue weighted by Crippen LogP contribution is -2.56. The minimum atomic E-state index is -0.206. The number of carbonyl (C=O) groups is 1. The van der Waals surface area contributed by atoms with E-state index in [1.54, 1.807) is 4.90 Å². The van der Waals surface area contributed by atoms with Gasteiger partial charge in [-0.05, 0) is 13.5 Å². The van der Waals surface area contributed by atoms with Gasteiger partial charge in [0.1, 0.15) is 0 Å². The van der Waals surface area contributed by atoms with E-state index < -0.39 is 0 Å². The zero-order valence-electron chi connectivity index (χ0n) is 8.54. The summed E-state index contributed by atoms with van der Waals surface area (Å²) in [6.07, 6.45) is 0.901. The number of methoxy groups -OCH3 is 1. The Balaban J connectivity index is 2.28. The molecule has 0 bridgehead atoms. The van der Waals surface area contributed by atoms with Crippen molar-refractivity contribution >= 4 is 6.09 Å². The van der Waals surface area contributed by atoms with Crippen LogP contribution in [0.5, 0.6) is 0 Å². The maximum Gasteiger partial charge on any atom is 0.409 e.